The first kappa shape index (κ1) is 15.5. The van der Waals surface area contributed by atoms with E-state index in [0.29, 0.717) is 32.0 Å². The molecule has 0 aliphatic heterocycles. The molecule has 0 spiro atoms. The molecule has 19 heavy (non-hydrogen) atoms. The van der Waals surface area contributed by atoms with Gasteiger partial charge in [-0.1, -0.05) is 26.0 Å². The third kappa shape index (κ3) is 6.25. The SMILES string of the molecule is CNCCC(=O)NCCOc1ccc(C(C)C)cc1. The number of nitrogens with one attached hydrogen (secondary N) is 2. The summed E-state index contributed by atoms with van der Waals surface area (Å²) in [5, 5.41) is 5.75. The van der Waals surface area contributed by atoms with Gasteiger partial charge >= 0.3 is 0 Å². The number of benzene rings is 1. The van der Waals surface area contributed by atoms with Crippen LogP contribution in [0.15, 0.2) is 24.3 Å². The Kier molecular flexibility index (Phi) is 6.97. The van der Waals surface area contributed by atoms with Gasteiger partial charge in [-0.2, -0.15) is 0 Å². The van der Waals surface area contributed by atoms with Crippen LogP contribution in [0.1, 0.15) is 31.7 Å². The molecule has 0 aromatic heterocycles. The van der Waals surface area contributed by atoms with Crippen LogP contribution in [0.5, 0.6) is 5.75 Å². The molecule has 1 amide bonds. The Hall–Kier alpha value is -1.55. The summed E-state index contributed by atoms with van der Waals surface area (Å²) in [5.41, 5.74) is 1.30. The summed E-state index contributed by atoms with van der Waals surface area (Å²) in [7, 11) is 1.83. The maximum Gasteiger partial charge on any atom is 0.221 e. The van der Waals surface area contributed by atoms with Crippen LogP contribution in [0.2, 0.25) is 0 Å². The maximum absolute atomic E-state index is 11.3. The molecule has 0 heterocycles. The first-order valence-electron chi connectivity index (χ1n) is 6.77. The second-order valence-corrected chi connectivity index (χ2v) is 4.78. The standard InChI is InChI=1S/C15H24N2O2/c1-12(2)13-4-6-14(7-5-13)19-11-10-17-15(18)8-9-16-3/h4-7,12,16H,8-11H2,1-3H3,(H,17,18). The lowest BCUT2D eigenvalue weighted by molar-refractivity contribution is -0.121. The summed E-state index contributed by atoms with van der Waals surface area (Å²) >= 11 is 0. The molecule has 106 valence electrons. The lowest BCUT2D eigenvalue weighted by Gasteiger charge is -2.09. The minimum absolute atomic E-state index is 0.0492. The summed E-state index contributed by atoms with van der Waals surface area (Å²) in [6, 6.07) is 8.09. The van der Waals surface area contributed by atoms with Crippen molar-refractivity contribution < 1.29 is 9.53 Å². The summed E-state index contributed by atoms with van der Waals surface area (Å²) in [4.78, 5) is 11.3. The van der Waals surface area contributed by atoms with E-state index in [1.165, 1.54) is 5.56 Å². The zero-order valence-corrected chi connectivity index (χ0v) is 12.0. The van der Waals surface area contributed by atoms with Crippen molar-refractivity contribution in [1.82, 2.24) is 10.6 Å². The van der Waals surface area contributed by atoms with Crippen LogP contribution >= 0.6 is 0 Å². The van der Waals surface area contributed by atoms with Gasteiger partial charge in [-0.15, -0.1) is 0 Å². The van der Waals surface area contributed by atoms with Gasteiger partial charge in [0, 0.05) is 13.0 Å². The largest absolute Gasteiger partial charge is 0.492 e. The zero-order chi connectivity index (χ0) is 14.1. The molecular weight excluding hydrogens is 240 g/mol. The van der Waals surface area contributed by atoms with E-state index in [-0.39, 0.29) is 5.91 Å². The third-order valence-electron chi connectivity index (χ3n) is 2.84. The van der Waals surface area contributed by atoms with Gasteiger partial charge in [-0.05, 0) is 30.7 Å². The van der Waals surface area contributed by atoms with Crippen molar-refractivity contribution >= 4 is 5.91 Å². The highest BCUT2D eigenvalue weighted by atomic mass is 16.5. The van der Waals surface area contributed by atoms with Crippen LogP contribution in [0.4, 0.5) is 0 Å². The van der Waals surface area contributed by atoms with E-state index in [1.54, 1.807) is 0 Å². The molecule has 0 aliphatic rings. The average molecular weight is 264 g/mol. The van der Waals surface area contributed by atoms with E-state index in [9.17, 15) is 4.79 Å². The topological polar surface area (TPSA) is 50.4 Å². The van der Waals surface area contributed by atoms with E-state index >= 15 is 0 Å². The van der Waals surface area contributed by atoms with Crippen molar-refractivity contribution in [2.24, 2.45) is 0 Å². The molecule has 0 bridgehead atoms. The van der Waals surface area contributed by atoms with Gasteiger partial charge in [0.05, 0.1) is 6.54 Å². The number of carbonyl (C=O) groups excluding carboxylic acids is 1. The Morgan fingerprint density at radius 3 is 2.47 bits per heavy atom. The van der Waals surface area contributed by atoms with Gasteiger partial charge in [-0.3, -0.25) is 4.79 Å². The van der Waals surface area contributed by atoms with Crippen molar-refractivity contribution in [2.45, 2.75) is 26.2 Å². The molecule has 4 heteroatoms. The predicted molar refractivity (Wildman–Crippen MR) is 77.6 cm³/mol. The fourth-order valence-electron chi connectivity index (χ4n) is 1.64. The number of hydrogen-bond donors (Lipinski definition) is 2. The zero-order valence-electron chi connectivity index (χ0n) is 12.0. The summed E-state index contributed by atoms with van der Waals surface area (Å²) in [6.07, 6.45) is 0.500. The van der Waals surface area contributed by atoms with E-state index < -0.39 is 0 Å². The molecule has 1 aromatic carbocycles. The summed E-state index contributed by atoms with van der Waals surface area (Å²) in [5.74, 6) is 1.42. The van der Waals surface area contributed by atoms with Gasteiger partial charge < -0.3 is 15.4 Å². The van der Waals surface area contributed by atoms with Crippen LogP contribution in [0.3, 0.4) is 0 Å². The lowest BCUT2D eigenvalue weighted by Crippen LogP contribution is -2.30. The van der Waals surface area contributed by atoms with Gasteiger partial charge in [0.1, 0.15) is 12.4 Å². The maximum atomic E-state index is 11.3. The predicted octanol–water partition coefficient (Wildman–Crippen LogP) is 1.91. The second kappa shape index (κ2) is 8.53. The van der Waals surface area contributed by atoms with Crippen molar-refractivity contribution in [3.63, 3.8) is 0 Å². The summed E-state index contributed by atoms with van der Waals surface area (Å²) in [6.45, 7) is 6.05. The van der Waals surface area contributed by atoms with Gasteiger partial charge in [-0.25, -0.2) is 0 Å². The minimum atomic E-state index is 0.0492. The minimum Gasteiger partial charge on any atom is -0.492 e. The van der Waals surface area contributed by atoms with Crippen LogP contribution in [0, 0.1) is 0 Å². The normalized spacial score (nSPS) is 10.5. The van der Waals surface area contributed by atoms with Gasteiger partial charge in [0.2, 0.25) is 5.91 Å². The second-order valence-electron chi connectivity index (χ2n) is 4.78. The monoisotopic (exact) mass is 264 g/mol. The molecule has 0 saturated heterocycles. The first-order valence-corrected chi connectivity index (χ1v) is 6.77. The van der Waals surface area contributed by atoms with Crippen molar-refractivity contribution in [2.75, 3.05) is 26.7 Å². The molecular formula is C15H24N2O2. The van der Waals surface area contributed by atoms with Crippen LogP contribution in [-0.2, 0) is 4.79 Å². The molecule has 0 unspecified atom stereocenters. The highest BCUT2D eigenvalue weighted by Gasteiger charge is 2.01. The molecule has 0 atom stereocenters. The fourth-order valence-corrected chi connectivity index (χ4v) is 1.64. The molecule has 1 aromatic rings. The van der Waals surface area contributed by atoms with Gasteiger partial charge in [0.15, 0.2) is 0 Å². The van der Waals surface area contributed by atoms with Crippen molar-refractivity contribution in [3.05, 3.63) is 29.8 Å². The highest BCUT2D eigenvalue weighted by molar-refractivity contribution is 5.75. The smallest absolute Gasteiger partial charge is 0.221 e. The number of ether oxygens (including phenoxy) is 1. The number of hydrogen-bond acceptors (Lipinski definition) is 3. The van der Waals surface area contributed by atoms with E-state index in [4.69, 9.17) is 4.74 Å². The average Bonchev–Trinajstić information content (AvgIpc) is 2.41. The Morgan fingerprint density at radius 1 is 1.21 bits per heavy atom. The number of carbonyl (C=O) groups is 1. The van der Waals surface area contributed by atoms with Gasteiger partial charge in [0.25, 0.3) is 0 Å². The number of rotatable bonds is 8. The Bertz CT molecular complexity index is 374. The quantitative estimate of drug-likeness (QED) is 0.705. The Balaban J connectivity index is 2.20. The Morgan fingerprint density at radius 2 is 1.89 bits per heavy atom. The lowest BCUT2D eigenvalue weighted by atomic mass is 10.0. The van der Waals surface area contributed by atoms with Crippen LogP contribution in [0.25, 0.3) is 0 Å². The number of amides is 1. The Labute approximate surface area is 115 Å². The molecule has 0 aliphatic carbocycles. The molecule has 1 rings (SSSR count). The van der Waals surface area contributed by atoms with Crippen LogP contribution < -0.4 is 15.4 Å². The van der Waals surface area contributed by atoms with Crippen LogP contribution in [-0.4, -0.2) is 32.7 Å². The molecule has 2 N–H and O–H groups in total. The molecule has 4 nitrogen and oxygen atoms in total. The molecule has 0 saturated carbocycles. The van der Waals surface area contributed by atoms with Crippen molar-refractivity contribution in [3.8, 4) is 5.75 Å². The fraction of sp³-hybridized carbons (Fsp3) is 0.533. The van der Waals surface area contributed by atoms with E-state index in [2.05, 4.69) is 36.6 Å². The molecule has 0 fully saturated rings. The van der Waals surface area contributed by atoms with E-state index in [0.717, 1.165) is 5.75 Å². The highest BCUT2D eigenvalue weighted by Crippen LogP contribution is 2.18. The summed E-state index contributed by atoms with van der Waals surface area (Å²) < 4.78 is 5.57. The molecule has 0 radical (unpaired) electrons. The third-order valence-corrected chi connectivity index (χ3v) is 2.84. The first-order chi connectivity index (χ1) is 9.13. The van der Waals surface area contributed by atoms with Crippen molar-refractivity contribution in [1.29, 1.82) is 0 Å². The van der Waals surface area contributed by atoms with E-state index in [1.807, 2.05) is 19.2 Å².